The number of likely N-dealkylation sites (N-methyl/N-ethyl adjacent to an activating group) is 1. The van der Waals surface area contributed by atoms with E-state index in [4.69, 9.17) is 14.7 Å². The number of para-hydroxylation sites is 1. The molecule has 234 valence electrons. The molecule has 2 aromatic heterocycles. The summed E-state index contributed by atoms with van der Waals surface area (Å²) < 4.78 is 31.9. The maximum Gasteiger partial charge on any atom is 0.229 e. The average molecular weight is 619 g/mol. The van der Waals surface area contributed by atoms with E-state index in [1.165, 1.54) is 0 Å². The van der Waals surface area contributed by atoms with Crippen molar-refractivity contribution in [3.8, 4) is 5.75 Å². The number of benzene rings is 2. The Morgan fingerprint density at radius 1 is 0.932 bits per heavy atom. The molecule has 2 saturated heterocycles. The number of piperazine rings is 1. The molecule has 4 aromatic rings. The van der Waals surface area contributed by atoms with Gasteiger partial charge in [0.1, 0.15) is 11.3 Å². The molecule has 0 amide bonds. The molecule has 0 aliphatic carbocycles. The number of ether oxygens (including phenoxy) is 1. The summed E-state index contributed by atoms with van der Waals surface area (Å²) in [7, 11) is 0.353. The number of H-pyrrole nitrogens is 1. The fourth-order valence-electron chi connectivity index (χ4n) is 6.07. The number of aromatic nitrogens is 3. The predicted octanol–water partition coefficient (Wildman–Crippen LogP) is 4.85. The third-order valence-electron chi connectivity index (χ3n) is 8.79. The monoisotopic (exact) mass is 618 g/mol. The quantitative estimate of drug-likeness (QED) is 0.240. The van der Waals surface area contributed by atoms with Crippen molar-refractivity contribution in [2.75, 3.05) is 69.0 Å². The molecule has 0 bridgehead atoms. The lowest BCUT2D eigenvalue weighted by Gasteiger charge is -2.42. The minimum Gasteiger partial charge on any atom is -0.494 e. The molecule has 2 aliphatic heterocycles. The second-order valence-electron chi connectivity index (χ2n) is 11.9. The van der Waals surface area contributed by atoms with Crippen LogP contribution in [0.4, 0.5) is 28.8 Å². The molecule has 0 atom stereocenters. The number of rotatable bonds is 9. The van der Waals surface area contributed by atoms with Crippen LogP contribution >= 0.6 is 0 Å². The highest BCUT2D eigenvalue weighted by atomic mass is 32.2. The van der Waals surface area contributed by atoms with E-state index >= 15 is 0 Å². The molecule has 12 heteroatoms. The summed E-state index contributed by atoms with van der Waals surface area (Å²) in [5, 5.41) is 6.03. The number of hydrogen-bond acceptors (Lipinski definition) is 10. The average Bonchev–Trinajstić information content (AvgIpc) is 3.51. The van der Waals surface area contributed by atoms with Gasteiger partial charge in [0, 0.05) is 63.3 Å². The molecule has 6 rings (SSSR count). The molecule has 4 heterocycles. The Hall–Kier alpha value is -3.87. The first-order chi connectivity index (χ1) is 21.2. The lowest BCUT2D eigenvalue weighted by molar-refractivity contribution is 0.0982. The zero-order valence-electron chi connectivity index (χ0n) is 25.9. The van der Waals surface area contributed by atoms with Crippen molar-refractivity contribution >= 4 is 49.7 Å². The summed E-state index contributed by atoms with van der Waals surface area (Å²) in [4.78, 5) is 20.3. The summed E-state index contributed by atoms with van der Waals surface area (Å²) >= 11 is 0. The second-order valence-corrected chi connectivity index (χ2v) is 14.4. The van der Waals surface area contributed by atoms with Crippen LogP contribution in [0.5, 0.6) is 5.75 Å². The number of methoxy groups -OCH3 is 1. The van der Waals surface area contributed by atoms with Crippen molar-refractivity contribution in [2.45, 2.75) is 42.9 Å². The van der Waals surface area contributed by atoms with E-state index in [0.29, 0.717) is 40.3 Å². The third kappa shape index (κ3) is 6.19. The molecule has 3 N–H and O–H groups in total. The number of sulfone groups is 1. The van der Waals surface area contributed by atoms with Crippen molar-refractivity contribution < 1.29 is 13.2 Å². The lowest BCUT2D eigenvalue weighted by atomic mass is 10.0. The van der Waals surface area contributed by atoms with Gasteiger partial charge in [-0.2, -0.15) is 4.98 Å². The number of aromatic amines is 1. The smallest absolute Gasteiger partial charge is 0.229 e. The SMILES string of the molecule is COc1cc(N2CCC(N3CCN(C)CC3)CC2)ccc1Nc1nc(Nc2ccccc2S(=O)(=O)C(C)C)c2[nH]ccc2n1. The van der Waals surface area contributed by atoms with Crippen molar-refractivity contribution in [3.63, 3.8) is 0 Å². The number of hydrogen-bond donors (Lipinski definition) is 3. The van der Waals surface area contributed by atoms with Gasteiger partial charge < -0.3 is 30.2 Å². The highest BCUT2D eigenvalue weighted by molar-refractivity contribution is 7.92. The lowest BCUT2D eigenvalue weighted by Crippen LogP contribution is -2.52. The minimum absolute atomic E-state index is 0.229. The topological polar surface area (TPSA) is 119 Å². The van der Waals surface area contributed by atoms with Crippen molar-refractivity contribution in [3.05, 3.63) is 54.7 Å². The van der Waals surface area contributed by atoms with Crippen LogP contribution in [-0.2, 0) is 9.84 Å². The fourth-order valence-corrected chi connectivity index (χ4v) is 7.27. The zero-order chi connectivity index (χ0) is 30.8. The Morgan fingerprint density at radius 2 is 1.68 bits per heavy atom. The summed E-state index contributed by atoms with van der Waals surface area (Å²) in [6.45, 7) is 10.0. The van der Waals surface area contributed by atoms with Gasteiger partial charge in [-0.3, -0.25) is 4.90 Å². The van der Waals surface area contributed by atoms with E-state index < -0.39 is 15.1 Å². The van der Waals surface area contributed by atoms with E-state index in [2.05, 4.69) is 49.5 Å². The maximum absolute atomic E-state index is 13.1. The number of nitrogens with one attached hydrogen (secondary N) is 3. The molecule has 2 aliphatic rings. The van der Waals surface area contributed by atoms with E-state index in [-0.39, 0.29) is 4.90 Å². The van der Waals surface area contributed by atoms with Crippen LogP contribution in [0.1, 0.15) is 26.7 Å². The molecular weight excluding hydrogens is 576 g/mol. The number of fused-ring (bicyclic) bond motifs is 1. The zero-order valence-corrected chi connectivity index (χ0v) is 26.7. The van der Waals surface area contributed by atoms with Gasteiger partial charge in [0.2, 0.25) is 5.95 Å². The van der Waals surface area contributed by atoms with Crippen LogP contribution < -0.4 is 20.3 Å². The molecule has 0 unspecified atom stereocenters. The highest BCUT2D eigenvalue weighted by Gasteiger charge is 2.27. The van der Waals surface area contributed by atoms with Crippen LogP contribution in [0.2, 0.25) is 0 Å². The summed E-state index contributed by atoms with van der Waals surface area (Å²) in [5.41, 5.74) is 3.70. The number of anilines is 5. The number of piperidine rings is 1. The first kappa shape index (κ1) is 30.2. The molecule has 11 nitrogen and oxygen atoms in total. The summed E-state index contributed by atoms with van der Waals surface area (Å²) in [6, 6.07) is 15.6. The van der Waals surface area contributed by atoms with Gasteiger partial charge in [-0.15, -0.1) is 0 Å². The van der Waals surface area contributed by atoms with Crippen molar-refractivity contribution in [1.82, 2.24) is 24.8 Å². The van der Waals surface area contributed by atoms with Crippen LogP contribution in [0.25, 0.3) is 11.0 Å². The fraction of sp³-hybridized carbons (Fsp3) is 0.438. The van der Waals surface area contributed by atoms with Gasteiger partial charge in [-0.25, -0.2) is 13.4 Å². The summed E-state index contributed by atoms with van der Waals surface area (Å²) in [5.74, 6) is 1.53. The van der Waals surface area contributed by atoms with Gasteiger partial charge in [0.15, 0.2) is 15.7 Å². The van der Waals surface area contributed by atoms with Crippen LogP contribution in [0, 0.1) is 0 Å². The summed E-state index contributed by atoms with van der Waals surface area (Å²) in [6.07, 6.45) is 4.11. The van der Waals surface area contributed by atoms with Crippen LogP contribution in [0.3, 0.4) is 0 Å². The Labute approximate surface area is 259 Å². The Bertz CT molecular complexity index is 1710. The molecule has 2 aromatic carbocycles. The van der Waals surface area contributed by atoms with Gasteiger partial charge in [-0.05, 0) is 64.1 Å². The van der Waals surface area contributed by atoms with Gasteiger partial charge in [0.25, 0.3) is 0 Å². The third-order valence-corrected chi connectivity index (χ3v) is 11.0. The standard InChI is InChI=1S/C32H42N8O3S/c1-22(2)44(41,42)29-8-6-5-7-26(29)34-31-30-27(11-14-33-30)36-32(37-31)35-25-10-9-24(21-28(25)43-4)39-15-12-23(13-16-39)40-19-17-38(3)18-20-40/h5-11,14,21-23,33H,12-13,15-20H2,1-4H3,(H2,34,35,36,37). The molecule has 2 fully saturated rings. The van der Waals surface area contributed by atoms with Crippen molar-refractivity contribution in [1.29, 1.82) is 0 Å². The largest absolute Gasteiger partial charge is 0.494 e. The van der Waals surface area contributed by atoms with Gasteiger partial charge >= 0.3 is 0 Å². The Kier molecular flexibility index (Phi) is 8.66. The van der Waals surface area contributed by atoms with E-state index in [1.54, 1.807) is 51.4 Å². The predicted molar refractivity (Wildman–Crippen MR) is 177 cm³/mol. The minimum atomic E-state index is -3.52. The van der Waals surface area contributed by atoms with Gasteiger partial charge in [-0.1, -0.05) is 12.1 Å². The Morgan fingerprint density at radius 3 is 2.41 bits per heavy atom. The maximum atomic E-state index is 13.1. The van der Waals surface area contributed by atoms with Gasteiger partial charge in [0.05, 0.1) is 34.1 Å². The first-order valence-electron chi connectivity index (χ1n) is 15.3. The molecule has 0 saturated carbocycles. The van der Waals surface area contributed by atoms with Crippen molar-refractivity contribution in [2.24, 2.45) is 0 Å². The van der Waals surface area contributed by atoms with Crippen LogP contribution in [-0.4, -0.2) is 97.9 Å². The molecule has 0 spiro atoms. The highest BCUT2D eigenvalue weighted by Crippen LogP contribution is 2.35. The number of nitrogens with zero attached hydrogens (tertiary/aromatic N) is 5. The Balaban J connectivity index is 1.20. The van der Waals surface area contributed by atoms with E-state index in [1.807, 2.05) is 12.1 Å². The molecule has 44 heavy (non-hydrogen) atoms. The molecular formula is C32H42N8O3S. The van der Waals surface area contributed by atoms with E-state index in [9.17, 15) is 8.42 Å². The van der Waals surface area contributed by atoms with E-state index in [0.717, 1.165) is 63.5 Å². The van der Waals surface area contributed by atoms with Crippen LogP contribution in [0.15, 0.2) is 59.6 Å². The first-order valence-corrected chi connectivity index (χ1v) is 16.8. The molecule has 0 radical (unpaired) electrons. The second kappa shape index (κ2) is 12.6. The normalized spacial score (nSPS) is 17.3.